The van der Waals surface area contributed by atoms with Gasteiger partial charge < -0.3 is 40.1 Å². The van der Waals surface area contributed by atoms with Gasteiger partial charge in [0.05, 0.1) is 19.6 Å². The van der Waals surface area contributed by atoms with Gasteiger partial charge in [-0.1, -0.05) is 0 Å². The van der Waals surface area contributed by atoms with Crippen molar-refractivity contribution in [3.8, 4) is 0 Å². The van der Waals surface area contributed by atoms with Gasteiger partial charge in [0.1, 0.15) is 30.3 Å². The fraction of sp³-hybridized carbons (Fsp3) is 0.800. The maximum atomic E-state index is 14.6. The first-order valence-corrected chi connectivity index (χ1v) is 12.8. The van der Waals surface area contributed by atoms with Crippen LogP contribution in [0.4, 0.5) is 4.39 Å². The van der Waals surface area contributed by atoms with E-state index in [1.807, 2.05) is 0 Å². The van der Waals surface area contributed by atoms with Gasteiger partial charge in [-0.2, -0.15) is 8.62 Å². The molecular weight excluding hydrogens is 494 g/mol. The smallest absolute Gasteiger partial charge is 0.387 e. The van der Waals surface area contributed by atoms with Crippen LogP contribution in [0.15, 0.2) is 9.98 Å². The number of phosphoric acid groups is 3. The molecule has 7 unspecified atom stereocenters. The second-order valence-corrected chi connectivity index (χ2v) is 10.9. The number of amidine groups is 1. The molecule has 0 bridgehead atoms. The molecule has 8 N–H and O–H groups in total. The summed E-state index contributed by atoms with van der Waals surface area (Å²) in [6, 6.07) is -0.615. The van der Waals surface area contributed by atoms with Crippen LogP contribution in [0.2, 0.25) is 0 Å². The van der Waals surface area contributed by atoms with Crippen molar-refractivity contribution >= 4 is 35.6 Å². The Morgan fingerprint density at radius 3 is 2.58 bits per heavy atom. The molecule has 21 heteroatoms. The predicted molar refractivity (Wildman–Crippen MR) is 96.9 cm³/mol. The first kappa shape index (κ1) is 24.8. The molecule has 1 saturated heterocycles. The SMILES string of the molecule is NC1=NCNC2[C@H]1N=CN2C1OC(COP(=O)(O)OP(=O)(O)OP(=O)(O)O)C(O)C1F. The zero-order valence-corrected chi connectivity index (χ0v) is 17.9. The van der Waals surface area contributed by atoms with Gasteiger partial charge in [0.2, 0.25) is 0 Å². The zero-order chi connectivity index (χ0) is 23.2. The summed E-state index contributed by atoms with van der Waals surface area (Å²) in [6.45, 7) is -0.869. The molecule has 17 nitrogen and oxygen atoms in total. The molecule has 3 aliphatic heterocycles. The lowest BCUT2D eigenvalue weighted by molar-refractivity contribution is -0.0725. The van der Waals surface area contributed by atoms with E-state index in [1.165, 1.54) is 11.2 Å². The second-order valence-electron chi connectivity index (χ2n) is 6.43. The van der Waals surface area contributed by atoms with Crippen LogP contribution >= 0.6 is 23.5 Å². The topological polar surface area (TPSA) is 255 Å². The second kappa shape index (κ2) is 8.83. The van der Waals surface area contributed by atoms with Crippen molar-refractivity contribution in [1.82, 2.24) is 10.2 Å². The number of aliphatic hydroxyl groups excluding tert-OH is 1. The number of aliphatic imine (C=N–C) groups is 2. The number of rotatable bonds is 8. The Hall–Kier alpha value is -0.840. The molecule has 31 heavy (non-hydrogen) atoms. The van der Waals surface area contributed by atoms with E-state index in [4.69, 9.17) is 25.2 Å². The predicted octanol–water partition coefficient (Wildman–Crippen LogP) is -2.29. The molecule has 0 amide bonds. The van der Waals surface area contributed by atoms with Gasteiger partial charge in [0, 0.05) is 0 Å². The lowest BCUT2D eigenvalue weighted by Crippen LogP contribution is -2.59. The van der Waals surface area contributed by atoms with E-state index in [9.17, 15) is 28.1 Å². The van der Waals surface area contributed by atoms with Crippen LogP contribution in [-0.4, -0.2) is 91.8 Å². The van der Waals surface area contributed by atoms with Crippen molar-refractivity contribution < 1.29 is 60.6 Å². The molecule has 0 aromatic heterocycles. The Morgan fingerprint density at radius 1 is 1.26 bits per heavy atom. The van der Waals surface area contributed by atoms with Crippen molar-refractivity contribution in [2.75, 3.05) is 13.3 Å². The standard InChI is InChI=1S/C10H19FN5O12P3/c11-5-7(17)4(1-25-30(21,22)28-31(23,24)27-29(18,19)20)26-10(5)16-3-15-6-8(12)13-2-14-9(6)16/h3-7,9-10,14,17H,1-2H2,(H2,12,13)(H,21,22)(H,23,24)(H2,18,19,20)/t4?,5?,6-,7?,9?,10?/m0/s1. The Bertz CT molecular complexity index is 900. The fourth-order valence-electron chi connectivity index (χ4n) is 3.02. The number of nitrogens with two attached hydrogens (primary N) is 1. The number of alkyl halides is 1. The van der Waals surface area contributed by atoms with Crippen LogP contribution in [0.25, 0.3) is 0 Å². The number of fused-ring (bicyclic) bond motifs is 1. The summed E-state index contributed by atoms with van der Waals surface area (Å²) in [5.41, 5.74) is 5.74. The molecule has 3 heterocycles. The van der Waals surface area contributed by atoms with Gasteiger partial charge in [-0.3, -0.25) is 19.8 Å². The molecule has 0 aromatic rings. The van der Waals surface area contributed by atoms with Crippen LogP contribution in [0.3, 0.4) is 0 Å². The van der Waals surface area contributed by atoms with E-state index in [1.54, 1.807) is 0 Å². The molecule has 1 fully saturated rings. The molecule has 0 saturated carbocycles. The van der Waals surface area contributed by atoms with Gasteiger partial charge >= 0.3 is 23.5 Å². The van der Waals surface area contributed by atoms with E-state index in [0.717, 1.165) is 0 Å². The summed E-state index contributed by atoms with van der Waals surface area (Å²) in [5, 5.41) is 13.0. The highest BCUT2D eigenvalue weighted by Gasteiger charge is 2.52. The maximum absolute atomic E-state index is 14.6. The fourth-order valence-corrected chi connectivity index (χ4v) is 6.05. The minimum absolute atomic E-state index is 0.133. The Kier molecular flexibility index (Phi) is 7.07. The average Bonchev–Trinajstić information content (AvgIpc) is 3.13. The molecule has 3 aliphatic rings. The molecule has 178 valence electrons. The maximum Gasteiger partial charge on any atom is 0.490 e. The van der Waals surface area contributed by atoms with Crippen LogP contribution in [0, 0.1) is 0 Å². The van der Waals surface area contributed by atoms with Crippen LogP contribution in [0.1, 0.15) is 0 Å². The van der Waals surface area contributed by atoms with Gasteiger partial charge in [-0.05, 0) is 0 Å². The first-order valence-electron chi connectivity index (χ1n) is 8.29. The lowest BCUT2D eigenvalue weighted by atomic mass is 10.1. The highest BCUT2D eigenvalue weighted by Crippen LogP contribution is 2.66. The highest BCUT2D eigenvalue weighted by molar-refractivity contribution is 7.66. The summed E-state index contributed by atoms with van der Waals surface area (Å²) < 4.78 is 65.2. The molecule has 0 aromatic carbocycles. The van der Waals surface area contributed by atoms with Crippen molar-refractivity contribution in [3.05, 3.63) is 0 Å². The van der Waals surface area contributed by atoms with Crippen LogP contribution < -0.4 is 11.1 Å². The Balaban J connectivity index is 1.60. The largest absolute Gasteiger partial charge is 0.490 e. The lowest BCUT2D eigenvalue weighted by Gasteiger charge is -2.34. The minimum atomic E-state index is -5.71. The molecular formula is C10H19FN5O12P3. The summed E-state index contributed by atoms with van der Waals surface area (Å²) in [5.74, 6) is 0.209. The number of hydrogen-bond donors (Lipinski definition) is 7. The number of ether oxygens (including phenoxy) is 1. The van der Waals surface area contributed by atoms with Crippen LogP contribution in [-0.2, 0) is 31.6 Å². The summed E-state index contributed by atoms with van der Waals surface area (Å²) in [4.78, 5) is 44.9. The number of nitrogens with zero attached hydrogens (tertiary/aromatic N) is 3. The van der Waals surface area contributed by atoms with Gasteiger partial charge in [-0.15, -0.1) is 0 Å². The molecule has 3 rings (SSSR count). The average molecular weight is 513 g/mol. The molecule has 0 aliphatic carbocycles. The summed E-state index contributed by atoms with van der Waals surface area (Å²) >= 11 is 0. The number of phosphoric ester groups is 1. The van der Waals surface area contributed by atoms with Crippen LogP contribution in [0.5, 0.6) is 0 Å². The van der Waals surface area contributed by atoms with E-state index in [-0.39, 0.29) is 12.5 Å². The highest BCUT2D eigenvalue weighted by atomic mass is 31.3. The summed E-state index contributed by atoms with van der Waals surface area (Å²) in [7, 11) is -16.7. The summed E-state index contributed by atoms with van der Waals surface area (Å²) in [6.07, 6.45) is -6.19. The van der Waals surface area contributed by atoms with E-state index >= 15 is 0 Å². The van der Waals surface area contributed by atoms with Gasteiger partial charge in [0.25, 0.3) is 0 Å². The Morgan fingerprint density at radius 2 is 1.94 bits per heavy atom. The number of halogens is 1. The first-order chi connectivity index (χ1) is 14.2. The normalized spacial score (nSPS) is 37.2. The van der Waals surface area contributed by atoms with Crippen molar-refractivity contribution in [2.45, 2.75) is 36.8 Å². The third-order valence-corrected chi connectivity index (χ3v) is 8.05. The van der Waals surface area contributed by atoms with E-state index in [0.29, 0.717) is 0 Å². The molecule has 0 radical (unpaired) electrons. The third kappa shape index (κ3) is 5.94. The monoisotopic (exact) mass is 513 g/mol. The van der Waals surface area contributed by atoms with E-state index < -0.39 is 66.9 Å². The van der Waals surface area contributed by atoms with Gasteiger partial charge in [0.15, 0.2) is 12.4 Å². The van der Waals surface area contributed by atoms with E-state index in [2.05, 4.69) is 28.4 Å². The van der Waals surface area contributed by atoms with Gasteiger partial charge in [-0.25, -0.2) is 18.1 Å². The number of aliphatic hydroxyl groups is 1. The minimum Gasteiger partial charge on any atom is -0.387 e. The molecule has 8 atom stereocenters. The Labute approximate surface area is 173 Å². The third-order valence-electron chi connectivity index (χ3n) is 4.25. The number of hydrogen-bond acceptors (Lipinski definition) is 13. The number of nitrogens with one attached hydrogen (secondary N) is 1. The van der Waals surface area contributed by atoms with Crippen molar-refractivity contribution in [1.29, 1.82) is 0 Å². The zero-order valence-electron chi connectivity index (χ0n) is 15.2. The quantitative estimate of drug-likeness (QED) is 0.169. The van der Waals surface area contributed by atoms with Crippen molar-refractivity contribution in [2.24, 2.45) is 15.7 Å². The molecule has 0 spiro atoms. The van der Waals surface area contributed by atoms with Crippen molar-refractivity contribution in [3.63, 3.8) is 0 Å².